The number of hydrogen-bond acceptors (Lipinski definition) is 1. The van der Waals surface area contributed by atoms with Gasteiger partial charge in [0, 0.05) is 0 Å². The molecule has 2 aromatic rings. The van der Waals surface area contributed by atoms with Crippen molar-refractivity contribution in [2.24, 2.45) is 4.99 Å². The Morgan fingerprint density at radius 2 is 1.67 bits per heavy atom. The van der Waals surface area contributed by atoms with Crippen molar-refractivity contribution in [3.8, 4) is 0 Å². The van der Waals surface area contributed by atoms with Crippen molar-refractivity contribution in [1.29, 1.82) is 0 Å². The molecule has 0 aliphatic carbocycles. The number of nitrogens with one attached hydrogen (secondary N) is 1. The molecular formula is C13H9BrClN2Se. The molecule has 0 spiro atoms. The zero-order valence-electron chi connectivity index (χ0n) is 9.23. The molecule has 0 aliphatic rings. The Morgan fingerprint density at radius 3 is 2.28 bits per heavy atom. The average molecular weight is 388 g/mol. The van der Waals surface area contributed by atoms with Gasteiger partial charge in [0.2, 0.25) is 0 Å². The van der Waals surface area contributed by atoms with Crippen LogP contribution in [0.4, 0.5) is 11.4 Å². The summed E-state index contributed by atoms with van der Waals surface area (Å²) in [6, 6.07) is 15.2. The Labute approximate surface area is 127 Å². The molecule has 2 rings (SSSR count). The first-order valence-corrected chi connectivity index (χ1v) is 7.20. The second-order valence-electron chi connectivity index (χ2n) is 3.53. The van der Waals surface area contributed by atoms with E-state index in [9.17, 15) is 0 Å². The quantitative estimate of drug-likeness (QED) is 0.462. The first-order valence-electron chi connectivity index (χ1n) is 5.17. The third-order valence-corrected chi connectivity index (χ3v) is 3.34. The van der Waals surface area contributed by atoms with Crippen molar-refractivity contribution in [2.75, 3.05) is 5.32 Å². The Kier molecular flexibility index (Phi) is 4.84. The summed E-state index contributed by atoms with van der Waals surface area (Å²) < 4.78 is 1.75. The van der Waals surface area contributed by atoms with Crippen LogP contribution in [0.5, 0.6) is 0 Å². The molecule has 0 saturated carbocycles. The second-order valence-corrected chi connectivity index (χ2v) is 5.69. The predicted molar refractivity (Wildman–Crippen MR) is 82.1 cm³/mol. The molecule has 0 aliphatic heterocycles. The van der Waals surface area contributed by atoms with Gasteiger partial charge in [0.1, 0.15) is 0 Å². The molecular weight excluding hydrogens is 378 g/mol. The molecule has 2 aromatic carbocycles. The first-order chi connectivity index (χ1) is 8.63. The fourth-order valence-corrected chi connectivity index (χ4v) is 2.18. The Morgan fingerprint density at radius 1 is 1.06 bits per heavy atom. The number of benzene rings is 2. The second kappa shape index (κ2) is 6.39. The third kappa shape index (κ3) is 4.14. The van der Waals surface area contributed by atoms with Crippen LogP contribution >= 0.6 is 27.5 Å². The van der Waals surface area contributed by atoms with Gasteiger partial charge in [-0.3, -0.25) is 0 Å². The number of amidine groups is 1. The van der Waals surface area contributed by atoms with E-state index in [4.69, 9.17) is 11.6 Å². The van der Waals surface area contributed by atoms with Crippen LogP contribution in [-0.2, 0) is 0 Å². The summed E-state index contributed by atoms with van der Waals surface area (Å²) in [7, 11) is 0. The van der Waals surface area contributed by atoms with Gasteiger partial charge in [0.15, 0.2) is 0 Å². The molecule has 91 valence electrons. The van der Waals surface area contributed by atoms with Crippen LogP contribution in [0.25, 0.3) is 0 Å². The number of halogens is 2. The molecule has 1 N–H and O–H groups in total. The minimum absolute atomic E-state index is 0.705. The summed E-state index contributed by atoms with van der Waals surface area (Å²) in [6.07, 6.45) is 0. The number of aliphatic imine (C=N–C) groups is 1. The van der Waals surface area contributed by atoms with Gasteiger partial charge >= 0.3 is 128 Å². The molecule has 0 saturated heterocycles. The van der Waals surface area contributed by atoms with Crippen LogP contribution in [0, 0.1) is 0 Å². The maximum atomic E-state index is 5.82. The molecule has 0 atom stereocenters. The molecule has 0 bridgehead atoms. The fourth-order valence-electron chi connectivity index (χ4n) is 1.32. The SMILES string of the molecule is Clc1ccc(N=C([Se])Nc2ccc(Br)cc2)cc1. The van der Waals surface area contributed by atoms with Crippen molar-refractivity contribution >= 4 is 59.7 Å². The van der Waals surface area contributed by atoms with Crippen molar-refractivity contribution in [2.45, 2.75) is 0 Å². The third-order valence-electron chi connectivity index (χ3n) is 2.15. The molecule has 18 heavy (non-hydrogen) atoms. The topological polar surface area (TPSA) is 24.4 Å². The molecule has 0 unspecified atom stereocenters. The molecule has 2 nitrogen and oxygen atoms in total. The first kappa shape index (κ1) is 13.6. The van der Waals surface area contributed by atoms with Crippen LogP contribution in [-0.4, -0.2) is 20.7 Å². The molecule has 0 amide bonds. The molecule has 0 fully saturated rings. The van der Waals surface area contributed by atoms with Crippen LogP contribution < -0.4 is 5.32 Å². The fraction of sp³-hybridized carbons (Fsp3) is 0. The van der Waals surface area contributed by atoms with E-state index in [2.05, 4.69) is 42.3 Å². The summed E-state index contributed by atoms with van der Waals surface area (Å²) >= 11 is 12.1. The minimum atomic E-state index is 0.705. The Hall–Kier alpha value is -0.801. The molecule has 0 heterocycles. The maximum absolute atomic E-state index is 5.82. The van der Waals surface area contributed by atoms with E-state index in [0.29, 0.717) is 9.76 Å². The van der Waals surface area contributed by atoms with Crippen molar-refractivity contribution in [1.82, 2.24) is 0 Å². The van der Waals surface area contributed by atoms with Crippen LogP contribution in [0.1, 0.15) is 0 Å². The molecule has 0 aromatic heterocycles. The number of nitrogens with zero attached hydrogens (tertiary/aromatic N) is 1. The zero-order valence-corrected chi connectivity index (χ0v) is 13.3. The predicted octanol–water partition coefficient (Wildman–Crippen LogP) is 4.37. The van der Waals surface area contributed by atoms with E-state index < -0.39 is 0 Å². The van der Waals surface area contributed by atoms with Gasteiger partial charge in [-0.25, -0.2) is 0 Å². The zero-order chi connectivity index (χ0) is 13.0. The number of rotatable bonds is 2. The van der Waals surface area contributed by atoms with Gasteiger partial charge < -0.3 is 0 Å². The number of hydrogen-bond donors (Lipinski definition) is 1. The van der Waals surface area contributed by atoms with Gasteiger partial charge in [0.25, 0.3) is 0 Å². The van der Waals surface area contributed by atoms with Crippen molar-refractivity contribution in [3.05, 3.63) is 58.0 Å². The van der Waals surface area contributed by atoms with E-state index in [0.717, 1.165) is 15.8 Å². The van der Waals surface area contributed by atoms with E-state index in [1.54, 1.807) is 0 Å². The molecule has 5 heteroatoms. The summed E-state index contributed by atoms with van der Waals surface area (Å²) in [5, 5.41) is 3.88. The van der Waals surface area contributed by atoms with Gasteiger partial charge in [-0.1, -0.05) is 0 Å². The van der Waals surface area contributed by atoms with Crippen molar-refractivity contribution < 1.29 is 0 Å². The Bertz CT molecular complexity index is 552. The molecule has 1 radical (unpaired) electrons. The van der Waals surface area contributed by atoms with E-state index in [-0.39, 0.29) is 0 Å². The van der Waals surface area contributed by atoms with Crippen LogP contribution in [0.2, 0.25) is 5.02 Å². The van der Waals surface area contributed by atoms with E-state index in [1.165, 1.54) is 0 Å². The van der Waals surface area contributed by atoms with E-state index in [1.807, 2.05) is 48.5 Å². The summed E-state index contributed by atoms with van der Waals surface area (Å²) in [5.74, 6) is 0. The van der Waals surface area contributed by atoms with Crippen molar-refractivity contribution in [3.63, 3.8) is 0 Å². The summed E-state index contributed by atoms with van der Waals surface area (Å²) in [5.41, 5.74) is 1.82. The summed E-state index contributed by atoms with van der Waals surface area (Å²) in [6.45, 7) is 0. The van der Waals surface area contributed by atoms with Gasteiger partial charge in [-0.15, -0.1) is 0 Å². The Balaban J connectivity index is 2.09. The summed E-state index contributed by atoms with van der Waals surface area (Å²) in [4.78, 5) is 4.40. The van der Waals surface area contributed by atoms with Gasteiger partial charge in [0.05, 0.1) is 0 Å². The van der Waals surface area contributed by atoms with Crippen LogP contribution in [0.3, 0.4) is 0 Å². The van der Waals surface area contributed by atoms with E-state index >= 15 is 0 Å². The van der Waals surface area contributed by atoms with Gasteiger partial charge in [-0.2, -0.15) is 0 Å². The van der Waals surface area contributed by atoms with Gasteiger partial charge in [-0.05, 0) is 0 Å². The normalized spacial score (nSPS) is 11.3. The standard InChI is InChI=1S/C13H9BrClN2Se/c14-9-1-5-11(6-2-9)16-13(18)17-12-7-3-10(15)4-8-12/h1-8H,(H,16,17). The number of anilines is 1. The average Bonchev–Trinajstić information content (AvgIpc) is 2.35. The monoisotopic (exact) mass is 387 g/mol. The van der Waals surface area contributed by atoms with Crippen LogP contribution in [0.15, 0.2) is 58.0 Å².